The van der Waals surface area contributed by atoms with Gasteiger partial charge >= 0.3 is 0 Å². The third kappa shape index (κ3) is 4.61. The van der Waals surface area contributed by atoms with Crippen LogP contribution in [0.2, 0.25) is 5.02 Å². The topological polar surface area (TPSA) is 38.8 Å². The minimum absolute atomic E-state index is 0.0120. The average Bonchev–Trinajstić information content (AvgIpc) is 2.64. The van der Waals surface area contributed by atoms with Crippen LogP contribution in [0.4, 0.5) is 4.39 Å². The van der Waals surface area contributed by atoms with Crippen molar-refractivity contribution in [3.05, 3.63) is 70.0 Å². The highest BCUT2D eigenvalue weighted by atomic mass is 35.5. The van der Waals surface area contributed by atoms with Crippen LogP contribution < -0.4 is 0 Å². The highest BCUT2D eigenvalue weighted by Gasteiger charge is 2.25. The van der Waals surface area contributed by atoms with Gasteiger partial charge in [0.25, 0.3) is 5.91 Å². The van der Waals surface area contributed by atoms with Crippen LogP contribution in [0.3, 0.4) is 0 Å². The molecule has 138 valence electrons. The van der Waals surface area contributed by atoms with Gasteiger partial charge in [0.2, 0.25) is 0 Å². The molecule has 0 aromatic heterocycles. The van der Waals surface area contributed by atoms with Gasteiger partial charge < -0.3 is 14.4 Å². The van der Waals surface area contributed by atoms with Crippen LogP contribution in [-0.2, 0) is 16.1 Å². The Balaban J connectivity index is 1.54. The highest BCUT2D eigenvalue weighted by molar-refractivity contribution is 6.31. The molecule has 0 N–H and O–H groups in total. The predicted molar refractivity (Wildman–Crippen MR) is 97.9 cm³/mol. The summed E-state index contributed by atoms with van der Waals surface area (Å²) >= 11 is 5.99. The number of aryl methyl sites for hydroxylation is 1. The lowest BCUT2D eigenvalue weighted by Crippen LogP contribution is -2.47. The van der Waals surface area contributed by atoms with Gasteiger partial charge in [0, 0.05) is 23.7 Å². The number of carbonyl (C=O) groups is 1. The van der Waals surface area contributed by atoms with Gasteiger partial charge in [-0.25, -0.2) is 4.39 Å². The lowest BCUT2D eigenvalue weighted by Gasteiger charge is -2.33. The summed E-state index contributed by atoms with van der Waals surface area (Å²) in [6, 6.07) is 11.8. The zero-order valence-electron chi connectivity index (χ0n) is 14.6. The van der Waals surface area contributed by atoms with E-state index in [2.05, 4.69) is 0 Å². The number of nitrogens with zero attached hydrogens (tertiary/aromatic N) is 1. The first-order valence-corrected chi connectivity index (χ1v) is 8.90. The minimum atomic E-state index is -0.375. The molecule has 1 unspecified atom stereocenters. The van der Waals surface area contributed by atoms with Gasteiger partial charge in [-0.15, -0.1) is 0 Å². The van der Waals surface area contributed by atoms with Crippen molar-refractivity contribution in [1.29, 1.82) is 0 Å². The molecular formula is C20H21ClFNO3. The smallest absolute Gasteiger partial charge is 0.254 e. The Labute approximate surface area is 157 Å². The van der Waals surface area contributed by atoms with E-state index < -0.39 is 0 Å². The van der Waals surface area contributed by atoms with E-state index in [1.807, 2.05) is 31.2 Å². The molecule has 4 nitrogen and oxygen atoms in total. The maximum absolute atomic E-state index is 13.1. The molecule has 1 atom stereocenters. The number of morpholine rings is 1. The summed E-state index contributed by atoms with van der Waals surface area (Å²) in [5.74, 6) is -0.363. The summed E-state index contributed by atoms with van der Waals surface area (Å²) < 4.78 is 24.4. The molecule has 1 saturated heterocycles. The van der Waals surface area contributed by atoms with Gasteiger partial charge in [-0.05, 0) is 36.2 Å². The molecule has 6 heteroatoms. The van der Waals surface area contributed by atoms with E-state index in [1.165, 1.54) is 12.1 Å². The van der Waals surface area contributed by atoms with Gasteiger partial charge in [-0.2, -0.15) is 0 Å². The quantitative estimate of drug-likeness (QED) is 0.794. The summed E-state index contributed by atoms with van der Waals surface area (Å²) in [5, 5.41) is 0.339. The SMILES string of the molecule is Cc1ccccc1C(=O)N1CCOC(COCc2ccc(F)cc2Cl)C1. The first-order chi connectivity index (χ1) is 12.5. The van der Waals surface area contributed by atoms with Crippen LogP contribution >= 0.6 is 11.6 Å². The minimum Gasteiger partial charge on any atom is -0.374 e. The first-order valence-electron chi connectivity index (χ1n) is 8.53. The van der Waals surface area contributed by atoms with Gasteiger partial charge in [-0.3, -0.25) is 4.79 Å². The summed E-state index contributed by atoms with van der Waals surface area (Å²) in [5.41, 5.74) is 2.40. The van der Waals surface area contributed by atoms with Crippen molar-refractivity contribution < 1.29 is 18.7 Å². The Morgan fingerprint density at radius 1 is 1.35 bits per heavy atom. The third-order valence-corrected chi connectivity index (χ3v) is 4.73. The fourth-order valence-electron chi connectivity index (χ4n) is 2.93. The summed E-state index contributed by atoms with van der Waals surface area (Å²) in [7, 11) is 0. The lowest BCUT2D eigenvalue weighted by molar-refractivity contribution is -0.0647. The second kappa shape index (κ2) is 8.62. The monoisotopic (exact) mass is 377 g/mol. The van der Waals surface area contributed by atoms with Gasteiger partial charge in [0.1, 0.15) is 5.82 Å². The first kappa shape index (κ1) is 18.8. The molecule has 1 aliphatic heterocycles. The second-order valence-corrected chi connectivity index (χ2v) is 6.72. The fourth-order valence-corrected chi connectivity index (χ4v) is 3.15. The van der Waals surface area contributed by atoms with E-state index in [0.717, 1.165) is 11.1 Å². The van der Waals surface area contributed by atoms with E-state index in [-0.39, 0.29) is 24.4 Å². The Morgan fingerprint density at radius 3 is 2.92 bits per heavy atom. The number of hydrogen-bond donors (Lipinski definition) is 0. The number of benzene rings is 2. The molecule has 0 spiro atoms. The molecular weight excluding hydrogens is 357 g/mol. The van der Waals surface area contributed by atoms with Crippen LogP contribution in [-0.4, -0.2) is 43.2 Å². The molecule has 1 aliphatic rings. The Kier molecular flexibility index (Phi) is 6.25. The zero-order chi connectivity index (χ0) is 18.5. The molecule has 2 aromatic rings. The molecule has 1 fully saturated rings. The molecule has 1 amide bonds. The third-order valence-electron chi connectivity index (χ3n) is 4.38. The van der Waals surface area contributed by atoms with Crippen molar-refractivity contribution >= 4 is 17.5 Å². The van der Waals surface area contributed by atoms with Gasteiger partial charge in [0.05, 0.1) is 25.9 Å². The van der Waals surface area contributed by atoms with Crippen molar-refractivity contribution in [2.24, 2.45) is 0 Å². The van der Waals surface area contributed by atoms with E-state index >= 15 is 0 Å². The van der Waals surface area contributed by atoms with Crippen LogP contribution in [0.15, 0.2) is 42.5 Å². The number of ether oxygens (including phenoxy) is 2. The Hall–Kier alpha value is -1.95. The van der Waals surface area contributed by atoms with E-state index in [0.29, 0.717) is 36.9 Å². The standard InChI is InChI=1S/C20H21ClFNO3/c1-14-4-2-3-5-18(14)20(24)23-8-9-26-17(11-23)13-25-12-15-6-7-16(22)10-19(15)21/h2-7,10,17H,8-9,11-13H2,1H3. The second-order valence-electron chi connectivity index (χ2n) is 6.31. The van der Waals surface area contributed by atoms with Crippen molar-refractivity contribution in [2.45, 2.75) is 19.6 Å². The molecule has 2 aromatic carbocycles. The van der Waals surface area contributed by atoms with Crippen molar-refractivity contribution in [3.63, 3.8) is 0 Å². The summed E-state index contributed by atoms with van der Waals surface area (Å²) in [6.45, 7) is 4.05. The van der Waals surface area contributed by atoms with E-state index in [9.17, 15) is 9.18 Å². The number of hydrogen-bond acceptors (Lipinski definition) is 3. The summed E-state index contributed by atoms with van der Waals surface area (Å²) in [4.78, 5) is 14.5. The molecule has 3 rings (SSSR count). The number of halogens is 2. The molecule has 0 bridgehead atoms. The number of carbonyl (C=O) groups excluding carboxylic acids is 1. The van der Waals surface area contributed by atoms with Crippen molar-refractivity contribution in [3.8, 4) is 0 Å². The Morgan fingerprint density at radius 2 is 2.15 bits per heavy atom. The fraction of sp³-hybridized carbons (Fsp3) is 0.350. The van der Waals surface area contributed by atoms with Crippen molar-refractivity contribution in [1.82, 2.24) is 4.90 Å². The van der Waals surface area contributed by atoms with E-state index in [4.69, 9.17) is 21.1 Å². The predicted octanol–water partition coefficient (Wildman–Crippen LogP) is 3.85. The normalized spacial score (nSPS) is 17.3. The Bertz CT molecular complexity index is 783. The van der Waals surface area contributed by atoms with Crippen molar-refractivity contribution in [2.75, 3.05) is 26.3 Å². The van der Waals surface area contributed by atoms with Crippen LogP contribution in [0.1, 0.15) is 21.5 Å². The zero-order valence-corrected chi connectivity index (χ0v) is 15.3. The van der Waals surface area contributed by atoms with Gasteiger partial charge in [-0.1, -0.05) is 35.9 Å². The van der Waals surface area contributed by atoms with E-state index in [1.54, 1.807) is 11.0 Å². The number of rotatable bonds is 5. The molecule has 26 heavy (non-hydrogen) atoms. The highest BCUT2D eigenvalue weighted by Crippen LogP contribution is 2.19. The van der Waals surface area contributed by atoms with Crippen LogP contribution in [0.5, 0.6) is 0 Å². The lowest BCUT2D eigenvalue weighted by atomic mass is 10.1. The number of amides is 1. The molecule has 0 saturated carbocycles. The molecule has 0 radical (unpaired) electrons. The maximum atomic E-state index is 13.1. The largest absolute Gasteiger partial charge is 0.374 e. The van der Waals surface area contributed by atoms with Gasteiger partial charge in [0.15, 0.2) is 0 Å². The summed E-state index contributed by atoms with van der Waals surface area (Å²) in [6.07, 6.45) is -0.198. The molecule has 1 heterocycles. The maximum Gasteiger partial charge on any atom is 0.254 e. The molecule has 0 aliphatic carbocycles. The van der Waals surface area contributed by atoms with Crippen LogP contribution in [0, 0.1) is 12.7 Å². The van der Waals surface area contributed by atoms with Crippen LogP contribution in [0.25, 0.3) is 0 Å². The average molecular weight is 378 g/mol.